The summed E-state index contributed by atoms with van der Waals surface area (Å²) in [5.74, 6) is 0.902. The van der Waals surface area contributed by atoms with Gasteiger partial charge in [-0.05, 0) is 35.9 Å². The molecule has 84 valence electrons. The molecule has 0 radical (unpaired) electrons. The maximum atomic E-state index is 6.15. The molecular formula is C12H11Br2NO. The molecule has 1 heterocycles. The third-order valence-electron chi connectivity index (χ3n) is 2.36. The lowest BCUT2D eigenvalue weighted by atomic mass is 10.0. The molecule has 2 rings (SSSR count). The van der Waals surface area contributed by atoms with Gasteiger partial charge in [0.25, 0.3) is 0 Å². The molecule has 2 aromatic rings. The van der Waals surface area contributed by atoms with Crippen LogP contribution in [0.25, 0.3) is 0 Å². The van der Waals surface area contributed by atoms with E-state index in [0.717, 1.165) is 20.3 Å². The Morgan fingerprint density at radius 1 is 1.25 bits per heavy atom. The van der Waals surface area contributed by atoms with E-state index >= 15 is 0 Å². The van der Waals surface area contributed by atoms with Crippen LogP contribution in [0.1, 0.15) is 17.4 Å². The lowest BCUT2D eigenvalue weighted by molar-refractivity contribution is 0.488. The molecule has 0 saturated heterocycles. The molecule has 0 aliphatic rings. The van der Waals surface area contributed by atoms with Crippen LogP contribution in [0.15, 0.2) is 50.0 Å². The van der Waals surface area contributed by atoms with Crippen molar-refractivity contribution in [2.75, 3.05) is 0 Å². The van der Waals surface area contributed by atoms with Gasteiger partial charge in [-0.2, -0.15) is 0 Å². The van der Waals surface area contributed by atoms with Crippen molar-refractivity contribution in [1.82, 2.24) is 0 Å². The Hall–Kier alpha value is -0.580. The largest absolute Gasteiger partial charge is 0.469 e. The van der Waals surface area contributed by atoms with Gasteiger partial charge in [-0.25, -0.2) is 0 Å². The van der Waals surface area contributed by atoms with Crippen LogP contribution >= 0.6 is 31.9 Å². The van der Waals surface area contributed by atoms with Crippen molar-refractivity contribution in [3.05, 3.63) is 56.9 Å². The highest BCUT2D eigenvalue weighted by molar-refractivity contribution is 9.11. The first-order valence-electron chi connectivity index (χ1n) is 4.89. The Morgan fingerprint density at radius 3 is 2.75 bits per heavy atom. The van der Waals surface area contributed by atoms with Crippen LogP contribution in [0.5, 0.6) is 0 Å². The summed E-state index contributed by atoms with van der Waals surface area (Å²) >= 11 is 6.95. The van der Waals surface area contributed by atoms with Gasteiger partial charge in [0.15, 0.2) is 0 Å². The van der Waals surface area contributed by atoms with Crippen LogP contribution in [0.3, 0.4) is 0 Å². The molecule has 2 N–H and O–H groups in total. The molecule has 1 aromatic heterocycles. The zero-order chi connectivity index (χ0) is 11.5. The molecule has 1 atom stereocenters. The van der Waals surface area contributed by atoms with E-state index in [-0.39, 0.29) is 6.04 Å². The highest BCUT2D eigenvalue weighted by atomic mass is 79.9. The number of nitrogens with two attached hydrogens (primary N) is 1. The number of halogens is 2. The van der Waals surface area contributed by atoms with E-state index in [1.54, 1.807) is 6.26 Å². The van der Waals surface area contributed by atoms with E-state index in [4.69, 9.17) is 10.2 Å². The molecule has 0 aliphatic carbocycles. The van der Waals surface area contributed by atoms with Crippen LogP contribution in [0.4, 0.5) is 0 Å². The first kappa shape index (κ1) is 11.9. The minimum atomic E-state index is -0.0713. The Kier molecular flexibility index (Phi) is 3.84. The molecule has 0 fully saturated rings. The molecule has 1 aromatic carbocycles. The second kappa shape index (κ2) is 5.17. The van der Waals surface area contributed by atoms with Crippen molar-refractivity contribution in [1.29, 1.82) is 0 Å². The molecule has 16 heavy (non-hydrogen) atoms. The zero-order valence-corrected chi connectivity index (χ0v) is 11.7. The van der Waals surface area contributed by atoms with Gasteiger partial charge in [-0.15, -0.1) is 0 Å². The molecule has 1 unspecified atom stereocenters. The fraction of sp³-hybridized carbons (Fsp3) is 0.167. The number of hydrogen-bond acceptors (Lipinski definition) is 2. The predicted octanol–water partition coefficient (Wildman–Crippen LogP) is 4.05. The fourth-order valence-corrected chi connectivity index (χ4v) is 2.47. The molecule has 0 bridgehead atoms. The van der Waals surface area contributed by atoms with Gasteiger partial charge in [0.1, 0.15) is 5.76 Å². The Labute approximate surface area is 111 Å². The highest BCUT2D eigenvalue weighted by Crippen LogP contribution is 2.27. The molecular weight excluding hydrogens is 334 g/mol. The summed E-state index contributed by atoms with van der Waals surface area (Å²) in [6.07, 6.45) is 2.36. The number of hydrogen-bond donors (Lipinski definition) is 1. The molecule has 0 saturated carbocycles. The van der Waals surface area contributed by atoms with Crippen LogP contribution < -0.4 is 5.73 Å². The molecule has 4 heteroatoms. The minimum Gasteiger partial charge on any atom is -0.469 e. The highest BCUT2D eigenvalue weighted by Gasteiger charge is 2.12. The van der Waals surface area contributed by atoms with Gasteiger partial charge < -0.3 is 10.2 Å². The summed E-state index contributed by atoms with van der Waals surface area (Å²) < 4.78 is 7.34. The summed E-state index contributed by atoms with van der Waals surface area (Å²) in [4.78, 5) is 0. The van der Waals surface area contributed by atoms with Crippen molar-refractivity contribution in [2.24, 2.45) is 5.73 Å². The van der Waals surface area contributed by atoms with Gasteiger partial charge in [0.2, 0.25) is 0 Å². The second-order valence-electron chi connectivity index (χ2n) is 3.56. The lowest BCUT2D eigenvalue weighted by Gasteiger charge is -2.12. The normalized spacial score (nSPS) is 12.7. The summed E-state index contributed by atoms with van der Waals surface area (Å²) in [6, 6.07) is 9.73. The van der Waals surface area contributed by atoms with Crippen LogP contribution in [-0.4, -0.2) is 0 Å². The Balaban J connectivity index is 2.20. The molecule has 0 amide bonds. The minimum absolute atomic E-state index is 0.0713. The third kappa shape index (κ3) is 2.75. The SMILES string of the molecule is NC(Cc1ccco1)c1cc(Br)ccc1Br. The van der Waals surface area contributed by atoms with E-state index in [1.807, 2.05) is 30.3 Å². The predicted molar refractivity (Wildman–Crippen MR) is 71.2 cm³/mol. The fourth-order valence-electron chi connectivity index (χ4n) is 1.55. The van der Waals surface area contributed by atoms with Gasteiger partial charge in [-0.3, -0.25) is 0 Å². The van der Waals surface area contributed by atoms with E-state index in [2.05, 4.69) is 31.9 Å². The van der Waals surface area contributed by atoms with Gasteiger partial charge >= 0.3 is 0 Å². The monoisotopic (exact) mass is 343 g/mol. The Morgan fingerprint density at radius 2 is 2.06 bits per heavy atom. The summed E-state index contributed by atoms with van der Waals surface area (Å²) in [6.45, 7) is 0. The first-order chi connectivity index (χ1) is 7.66. The van der Waals surface area contributed by atoms with Crippen molar-refractivity contribution >= 4 is 31.9 Å². The average Bonchev–Trinajstić information content (AvgIpc) is 2.74. The third-order valence-corrected chi connectivity index (χ3v) is 3.57. The molecule has 2 nitrogen and oxygen atoms in total. The quantitative estimate of drug-likeness (QED) is 0.912. The summed E-state index contributed by atoms with van der Waals surface area (Å²) in [5, 5.41) is 0. The van der Waals surface area contributed by atoms with Crippen molar-refractivity contribution in [2.45, 2.75) is 12.5 Å². The van der Waals surface area contributed by atoms with Gasteiger partial charge in [-0.1, -0.05) is 31.9 Å². The van der Waals surface area contributed by atoms with E-state index in [0.29, 0.717) is 6.42 Å². The number of benzene rings is 1. The van der Waals surface area contributed by atoms with Gasteiger partial charge in [0.05, 0.1) is 6.26 Å². The smallest absolute Gasteiger partial charge is 0.105 e. The maximum absolute atomic E-state index is 6.15. The van der Waals surface area contributed by atoms with Crippen molar-refractivity contribution in [3.8, 4) is 0 Å². The average molecular weight is 345 g/mol. The first-order valence-corrected chi connectivity index (χ1v) is 6.48. The summed E-state index contributed by atoms with van der Waals surface area (Å²) in [5.41, 5.74) is 7.22. The van der Waals surface area contributed by atoms with Crippen molar-refractivity contribution < 1.29 is 4.42 Å². The van der Waals surface area contributed by atoms with E-state index in [9.17, 15) is 0 Å². The molecule has 0 aliphatic heterocycles. The summed E-state index contributed by atoms with van der Waals surface area (Å²) in [7, 11) is 0. The molecule has 0 spiro atoms. The van der Waals surface area contributed by atoms with Crippen LogP contribution in [0, 0.1) is 0 Å². The van der Waals surface area contributed by atoms with Gasteiger partial charge in [0, 0.05) is 21.4 Å². The zero-order valence-electron chi connectivity index (χ0n) is 8.49. The lowest BCUT2D eigenvalue weighted by Crippen LogP contribution is -2.13. The van der Waals surface area contributed by atoms with E-state index < -0.39 is 0 Å². The Bertz CT molecular complexity index is 468. The van der Waals surface area contributed by atoms with Crippen LogP contribution in [0.2, 0.25) is 0 Å². The van der Waals surface area contributed by atoms with Crippen LogP contribution in [-0.2, 0) is 6.42 Å². The standard InChI is InChI=1S/C12H11Br2NO/c13-8-3-4-11(14)10(6-8)12(15)7-9-2-1-5-16-9/h1-6,12H,7,15H2. The maximum Gasteiger partial charge on any atom is 0.105 e. The number of rotatable bonds is 3. The number of furan rings is 1. The topological polar surface area (TPSA) is 39.2 Å². The van der Waals surface area contributed by atoms with E-state index in [1.165, 1.54) is 0 Å². The van der Waals surface area contributed by atoms with Crippen molar-refractivity contribution in [3.63, 3.8) is 0 Å². The second-order valence-corrected chi connectivity index (χ2v) is 5.33.